The molecular weight excluding hydrogens is 851 g/mol. The van der Waals surface area contributed by atoms with E-state index in [4.69, 9.17) is 0 Å². The molecule has 3 heteroatoms. The summed E-state index contributed by atoms with van der Waals surface area (Å²) in [7, 11) is 0. The summed E-state index contributed by atoms with van der Waals surface area (Å²) in [4.78, 5) is 0. The van der Waals surface area contributed by atoms with Gasteiger partial charge in [0.25, 0.3) is 0 Å². The highest BCUT2D eigenvalue weighted by atomic mass is 16.3. The van der Waals surface area contributed by atoms with Gasteiger partial charge in [-0.15, -0.1) is 0 Å². The van der Waals surface area contributed by atoms with Crippen LogP contribution >= 0.6 is 0 Å². The van der Waals surface area contributed by atoms with Gasteiger partial charge in [-0.1, -0.05) is 248 Å². The van der Waals surface area contributed by atoms with Gasteiger partial charge in [-0.05, 0) is 104 Å². The lowest BCUT2D eigenvalue weighted by Gasteiger charge is -2.33. The third-order valence-corrected chi connectivity index (χ3v) is 13.1. The molecule has 1 aliphatic carbocycles. The molecule has 0 unspecified atom stereocenters. The first-order chi connectivity index (χ1) is 34.3. The zero-order chi connectivity index (χ0) is 49.0. The van der Waals surface area contributed by atoms with Crippen LogP contribution in [-0.4, -0.2) is 14.8 Å². The number of phenolic OH excluding ortho intramolecular Hbond substituents is 2. The maximum absolute atomic E-state index is 9.85. The summed E-state index contributed by atoms with van der Waals surface area (Å²) in [6.45, 7) is 12.8. The summed E-state index contributed by atoms with van der Waals surface area (Å²) in [5.74, 6) is 1.82. The molecule has 1 aliphatic rings. The van der Waals surface area contributed by atoms with E-state index in [9.17, 15) is 10.2 Å². The van der Waals surface area contributed by atoms with Gasteiger partial charge in [0, 0.05) is 16.2 Å². The van der Waals surface area contributed by atoms with Crippen LogP contribution in [0.4, 0.5) is 0 Å². The Labute approximate surface area is 414 Å². The second-order valence-corrected chi connectivity index (χ2v) is 17.9. The van der Waals surface area contributed by atoms with Crippen molar-refractivity contribution in [2.75, 3.05) is 0 Å². The Kier molecular flexibility index (Phi) is 15.4. The number of para-hydroxylation sites is 2. The van der Waals surface area contributed by atoms with Crippen molar-refractivity contribution in [2.45, 2.75) is 58.8 Å². The number of hydrogen-bond donors (Lipinski definition) is 2. The lowest BCUT2D eigenvalue weighted by atomic mass is 9.68. The predicted octanol–water partition coefficient (Wildman–Crippen LogP) is 18.0. The highest BCUT2D eigenvalue weighted by Crippen LogP contribution is 2.56. The molecule has 70 heavy (non-hydrogen) atoms. The first kappa shape index (κ1) is 48.3. The molecule has 1 aromatic heterocycles. The number of aromatic hydroxyl groups is 2. The van der Waals surface area contributed by atoms with Crippen molar-refractivity contribution in [1.82, 2.24) is 4.57 Å². The van der Waals surface area contributed by atoms with Crippen LogP contribution in [0.25, 0.3) is 49.4 Å². The number of fused-ring (bicyclic) bond motifs is 7. The third kappa shape index (κ3) is 9.88. The van der Waals surface area contributed by atoms with Crippen LogP contribution in [0.1, 0.15) is 86.8 Å². The highest BCUT2D eigenvalue weighted by molar-refractivity contribution is 6.10. The average molecular weight is 914 g/mol. The second kappa shape index (κ2) is 22.3. The molecule has 3 nitrogen and oxygen atoms in total. The van der Waals surface area contributed by atoms with Gasteiger partial charge in [0.15, 0.2) is 0 Å². The summed E-state index contributed by atoms with van der Waals surface area (Å²) in [5, 5.41) is 24.8. The van der Waals surface area contributed by atoms with E-state index in [1.54, 1.807) is 24.3 Å². The Bertz CT molecular complexity index is 3210. The molecule has 10 aromatic carbocycles. The fourth-order valence-electron chi connectivity index (χ4n) is 9.71. The van der Waals surface area contributed by atoms with Crippen LogP contribution in [0.3, 0.4) is 0 Å². The van der Waals surface area contributed by atoms with Gasteiger partial charge in [0.1, 0.15) is 11.5 Å². The average Bonchev–Trinajstić information content (AvgIpc) is 3.91. The minimum Gasteiger partial charge on any atom is -0.508 e. The summed E-state index contributed by atoms with van der Waals surface area (Å²) < 4.78 is 2.38. The Balaban J connectivity index is 0.000000137. The summed E-state index contributed by atoms with van der Waals surface area (Å²) >= 11 is 0. The molecule has 11 aromatic rings. The maximum Gasteiger partial charge on any atom is 0.115 e. The zero-order valence-electron chi connectivity index (χ0n) is 41.2. The van der Waals surface area contributed by atoms with Crippen molar-refractivity contribution in [3.05, 3.63) is 282 Å². The Morgan fingerprint density at radius 2 is 0.700 bits per heavy atom. The molecule has 0 bridgehead atoms. The highest BCUT2D eigenvalue weighted by Gasteiger charge is 2.45. The van der Waals surface area contributed by atoms with Crippen molar-refractivity contribution < 1.29 is 10.2 Å². The molecular formula is C67H63NO2. The molecule has 0 amide bonds. The van der Waals surface area contributed by atoms with E-state index in [-0.39, 0.29) is 11.5 Å². The minimum absolute atomic E-state index is 0.249. The Hall–Kier alpha value is -8.14. The topological polar surface area (TPSA) is 45.4 Å². The van der Waals surface area contributed by atoms with E-state index in [0.29, 0.717) is 11.8 Å². The van der Waals surface area contributed by atoms with Gasteiger partial charge in [-0.25, -0.2) is 0 Å². The number of aromatic nitrogens is 1. The van der Waals surface area contributed by atoms with Crippen LogP contribution in [0, 0.1) is 0 Å². The van der Waals surface area contributed by atoms with E-state index in [2.05, 4.69) is 220 Å². The normalized spacial score (nSPS) is 11.8. The van der Waals surface area contributed by atoms with Crippen molar-refractivity contribution in [2.24, 2.45) is 0 Å². The SMILES string of the molecule is CC.CC(C)c1ccccc1.CC(C)c1ccccc1.Oc1ccc(C2(c3ccc(O)cc3)c3ccccc3-c3ccccc32)cc1.c1ccc2c(-n3c4ccccc4c4ccccc43)cccc2c1. The third-order valence-electron chi connectivity index (χ3n) is 13.1. The van der Waals surface area contributed by atoms with Crippen LogP contribution in [0.2, 0.25) is 0 Å². The van der Waals surface area contributed by atoms with Crippen LogP contribution in [0.15, 0.2) is 249 Å². The van der Waals surface area contributed by atoms with Crippen molar-refractivity contribution in [3.63, 3.8) is 0 Å². The minimum atomic E-state index is -0.491. The largest absolute Gasteiger partial charge is 0.508 e. The number of benzene rings is 10. The summed E-state index contributed by atoms with van der Waals surface area (Å²) in [6, 6.07) is 85.3. The number of phenols is 2. The fraction of sp³-hybridized carbons (Fsp3) is 0.134. The lowest BCUT2D eigenvalue weighted by molar-refractivity contribution is 0.474. The lowest BCUT2D eigenvalue weighted by Crippen LogP contribution is -2.28. The van der Waals surface area contributed by atoms with E-state index in [1.807, 2.05) is 50.2 Å². The molecule has 0 spiro atoms. The van der Waals surface area contributed by atoms with E-state index < -0.39 is 5.41 Å². The zero-order valence-corrected chi connectivity index (χ0v) is 41.2. The molecule has 0 radical (unpaired) electrons. The van der Waals surface area contributed by atoms with E-state index in [1.165, 1.54) is 71.6 Å². The standard InChI is InChI=1S/C25H18O2.C22H15N.2C9H12.C2H6/c26-19-13-9-17(10-14-19)25(18-11-15-20(27)16-12-18)23-7-3-1-5-21(23)22-6-2-4-8-24(22)25;1-2-10-17-16(8-1)9-7-15-20(17)23-21-13-5-3-11-18(21)19-12-4-6-14-22(19)23;2*1-8(2)9-6-4-3-5-7-9;1-2/h1-16,26-27H;1-15H;2*3-8H,1-2H3;1-2H3. The van der Waals surface area contributed by atoms with Gasteiger partial charge in [0.2, 0.25) is 0 Å². The van der Waals surface area contributed by atoms with Crippen LogP contribution in [-0.2, 0) is 5.41 Å². The van der Waals surface area contributed by atoms with Crippen molar-refractivity contribution >= 4 is 32.6 Å². The molecule has 0 aliphatic heterocycles. The second-order valence-electron chi connectivity index (χ2n) is 17.9. The monoisotopic (exact) mass is 913 g/mol. The van der Waals surface area contributed by atoms with E-state index >= 15 is 0 Å². The fourth-order valence-corrected chi connectivity index (χ4v) is 9.71. The summed E-state index contributed by atoms with van der Waals surface area (Å²) in [5.41, 5.74) is 13.1. The predicted molar refractivity (Wildman–Crippen MR) is 298 cm³/mol. The molecule has 0 fully saturated rings. The number of rotatable bonds is 5. The number of nitrogens with zero attached hydrogens (tertiary/aromatic N) is 1. The van der Waals surface area contributed by atoms with Crippen LogP contribution in [0.5, 0.6) is 11.5 Å². The molecule has 1 heterocycles. The smallest absolute Gasteiger partial charge is 0.115 e. The first-order valence-corrected chi connectivity index (χ1v) is 24.6. The molecule has 2 N–H and O–H groups in total. The van der Waals surface area contributed by atoms with Gasteiger partial charge >= 0.3 is 0 Å². The molecule has 0 saturated carbocycles. The van der Waals surface area contributed by atoms with Crippen molar-refractivity contribution in [3.8, 4) is 28.3 Å². The first-order valence-electron chi connectivity index (χ1n) is 24.6. The van der Waals surface area contributed by atoms with Crippen molar-refractivity contribution in [1.29, 1.82) is 0 Å². The molecule has 348 valence electrons. The van der Waals surface area contributed by atoms with Gasteiger partial charge in [0.05, 0.1) is 22.1 Å². The Morgan fingerprint density at radius 1 is 0.343 bits per heavy atom. The Morgan fingerprint density at radius 3 is 1.13 bits per heavy atom. The van der Waals surface area contributed by atoms with Gasteiger partial charge < -0.3 is 14.8 Å². The molecule has 0 atom stereocenters. The van der Waals surface area contributed by atoms with E-state index in [0.717, 1.165) is 11.1 Å². The van der Waals surface area contributed by atoms with Gasteiger partial charge in [-0.2, -0.15) is 0 Å². The van der Waals surface area contributed by atoms with Crippen LogP contribution < -0.4 is 0 Å². The summed E-state index contributed by atoms with van der Waals surface area (Å²) in [6.07, 6.45) is 0. The quantitative estimate of drug-likeness (QED) is 0.181. The molecule has 0 saturated heterocycles. The maximum atomic E-state index is 9.85. The molecule has 12 rings (SSSR count). The van der Waals surface area contributed by atoms with Gasteiger partial charge in [-0.3, -0.25) is 0 Å². The number of hydrogen-bond acceptors (Lipinski definition) is 2.